The molecule has 6 heteroatoms. The molecule has 0 spiro atoms. The monoisotopic (exact) mass is 304 g/mol. The van der Waals surface area contributed by atoms with Crippen molar-refractivity contribution in [3.63, 3.8) is 0 Å². The van der Waals surface area contributed by atoms with Gasteiger partial charge >= 0.3 is 6.18 Å². The van der Waals surface area contributed by atoms with Crippen LogP contribution in [-0.2, 0) is 4.79 Å². The van der Waals surface area contributed by atoms with Crippen LogP contribution in [-0.4, -0.2) is 43.2 Å². The quantitative estimate of drug-likeness (QED) is 0.792. The van der Waals surface area contributed by atoms with Crippen LogP contribution in [0.25, 0.3) is 0 Å². The highest BCUT2D eigenvalue weighted by Gasteiger charge is 2.32. The number of nitrogens with one attached hydrogen (secondary N) is 1. The first-order chi connectivity index (χ1) is 9.92. The molecular weight excluding hydrogens is 281 g/mol. The van der Waals surface area contributed by atoms with E-state index in [2.05, 4.69) is 17.5 Å². The highest BCUT2D eigenvalue weighted by molar-refractivity contribution is 5.76. The molecule has 1 aliphatic heterocycles. The number of carbonyl (C=O) groups is 1. The predicted molar refractivity (Wildman–Crippen MR) is 74.7 cm³/mol. The molecule has 1 amide bonds. The maximum atomic E-state index is 12.3. The van der Waals surface area contributed by atoms with Crippen LogP contribution in [0.2, 0.25) is 0 Å². The molecule has 0 aromatic carbocycles. The van der Waals surface area contributed by atoms with Crippen molar-refractivity contribution < 1.29 is 18.0 Å². The lowest BCUT2D eigenvalue weighted by Gasteiger charge is -2.32. The van der Waals surface area contributed by atoms with Crippen LogP contribution in [0.15, 0.2) is 12.2 Å². The van der Waals surface area contributed by atoms with E-state index in [0.717, 1.165) is 25.7 Å². The van der Waals surface area contributed by atoms with Crippen molar-refractivity contribution in [1.29, 1.82) is 0 Å². The van der Waals surface area contributed by atoms with Crippen LogP contribution in [0, 0.1) is 11.8 Å². The zero-order valence-corrected chi connectivity index (χ0v) is 12.2. The van der Waals surface area contributed by atoms with Gasteiger partial charge in [0.25, 0.3) is 0 Å². The Labute approximate surface area is 123 Å². The second-order valence-electron chi connectivity index (χ2n) is 6.11. The largest absolute Gasteiger partial charge is 0.401 e. The van der Waals surface area contributed by atoms with Gasteiger partial charge in [0.2, 0.25) is 5.91 Å². The Morgan fingerprint density at radius 3 is 2.52 bits per heavy atom. The maximum absolute atomic E-state index is 12.3. The number of rotatable bonds is 5. The summed E-state index contributed by atoms with van der Waals surface area (Å²) >= 11 is 0. The number of likely N-dealkylation sites (tertiary alicyclic amines) is 1. The standard InChI is InChI=1S/C15H23F3N2O/c16-15(17,18)11-20-7-5-13(6-8-20)10-19-14(21)9-12-3-1-2-4-12/h1,3,12-13H,2,4-11H2,(H,19,21). The van der Waals surface area contributed by atoms with Gasteiger partial charge in [0, 0.05) is 13.0 Å². The Hall–Kier alpha value is -1.04. The Morgan fingerprint density at radius 1 is 1.24 bits per heavy atom. The first-order valence-electron chi connectivity index (χ1n) is 7.65. The molecule has 1 saturated heterocycles. The molecule has 3 nitrogen and oxygen atoms in total. The van der Waals surface area contributed by atoms with E-state index in [1.54, 1.807) is 0 Å². The molecular formula is C15H23F3N2O. The third-order valence-electron chi connectivity index (χ3n) is 4.26. The van der Waals surface area contributed by atoms with Crippen molar-refractivity contribution in [2.75, 3.05) is 26.2 Å². The first kappa shape index (κ1) is 16.3. The minimum Gasteiger partial charge on any atom is -0.356 e. The van der Waals surface area contributed by atoms with Gasteiger partial charge in [-0.25, -0.2) is 0 Å². The number of hydrogen-bond donors (Lipinski definition) is 1. The number of alkyl halides is 3. The van der Waals surface area contributed by atoms with Crippen LogP contribution in [0.4, 0.5) is 13.2 Å². The maximum Gasteiger partial charge on any atom is 0.401 e. The van der Waals surface area contributed by atoms with Gasteiger partial charge in [-0.05, 0) is 50.6 Å². The number of carbonyl (C=O) groups excluding carboxylic acids is 1. The minimum atomic E-state index is -4.12. The molecule has 1 N–H and O–H groups in total. The van der Waals surface area contributed by atoms with Gasteiger partial charge in [0.05, 0.1) is 6.54 Å². The zero-order chi connectivity index (χ0) is 15.3. The summed E-state index contributed by atoms with van der Waals surface area (Å²) in [7, 11) is 0. The number of hydrogen-bond acceptors (Lipinski definition) is 2. The van der Waals surface area contributed by atoms with Crippen LogP contribution in [0.5, 0.6) is 0 Å². The van der Waals surface area contributed by atoms with Gasteiger partial charge in [0.1, 0.15) is 0 Å². The SMILES string of the molecule is O=C(CC1C=CCC1)NCC1CCN(CC(F)(F)F)CC1. The van der Waals surface area contributed by atoms with E-state index in [0.29, 0.717) is 37.9 Å². The molecule has 120 valence electrons. The third kappa shape index (κ3) is 6.08. The molecule has 0 aromatic rings. The van der Waals surface area contributed by atoms with Crippen LogP contribution in [0.1, 0.15) is 32.1 Å². The molecule has 1 fully saturated rings. The van der Waals surface area contributed by atoms with Crippen molar-refractivity contribution in [2.24, 2.45) is 11.8 Å². The highest BCUT2D eigenvalue weighted by atomic mass is 19.4. The average Bonchev–Trinajstić information content (AvgIpc) is 2.89. The second-order valence-corrected chi connectivity index (χ2v) is 6.11. The van der Waals surface area contributed by atoms with E-state index in [4.69, 9.17) is 0 Å². The minimum absolute atomic E-state index is 0.0595. The lowest BCUT2D eigenvalue weighted by atomic mass is 9.96. The van der Waals surface area contributed by atoms with Gasteiger partial charge in [-0.1, -0.05) is 12.2 Å². The highest BCUT2D eigenvalue weighted by Crippen LogP contribution is 2.23. The first-order valence-corrected chi connectivity index (χ1v) is 7.65. The summed E-state index contributed by atoms with van der Waals surface area (Å²) in [6.07, 6.45) is 4.15. The molecule has 0 radical (unpaired) electrons. The molecule has 21 heavy (non-hydrogen) atoms. The zero-order valence-electron chi connectivity index (χ0n) is 12.2. The molecule has 1 heterocycles. The summed E-state index contributed by atoms with van der Waals surface area (Å²) in [5, 5.41) is 2.93. The van der Waals surface area contributed by atoms with Gasteiger partial charge < -0.3 is 5.32 Å². The second kappa shape index (κ2) is 7.29. The lowest BCUT2D eigenvalue weighted by Crippen LogP contribution is -2.42. The Balaban J connectivity index is 1.60. The molecule has 0 aromatic heterocycles. The number of amides is 1. The summed E-state index contributed by atoms with van der Waals surface area (Å²) < 4.78 is 36.8. The summed E-state index contributed by atoms with van der Waals surface area (Å²) in [6, 6.07) is 0. The van der Waals surface area contributed by atoms with Gasteiger partial charge in [-0.15, -0.1) is 0 Å². The summed E-state index contributed by atoms with van der Waals surface area (Å²) in [5.41, 5.74) is 0. The Kier molecular flexibility index (Phi) is 5.67. The summed E-state index contributed by atoms with van der Waals surface area (Å²) in [4.78, 5) is 13.2. The van der Waals surface area contributed by atoms with Crippen molar-refractivity contribution in [1.82, 2.24) is 10.2 Å². The van der Waals surface area contributed by atoms with Crippen LogP contribution < -0.4 is 5.32 Å². The van der Waals surface area contributed by atoms with E-state index < -0.39 is 12.7 Å². The fourth-order valence-corrected chi connectivity index (χ4v) is 3.04. The van der Waals surface area contributed by atoms with Crippen molar-refractivity contribution in [2.45, 2.75) is 38.3 Å². The van der Waals surface area contributed by atoms with Gasteiger partial charge in [-0.3, -0.25) is 9.69 Å². The fraction of sp³-hybridized carbons (Fsp3) is 0.800. The average molecular weight is 304 g/mol. The van der Waals surface area contributed by atoms with Crippen molar-refractivity contribution in [3.8, 4) is 0 Å². The smallest absolute Gasteiger partial charge is 0.356 e. The van der Waals surface area contributed by atoms with E-state index in [1.807, 2.05) is 0 Å². The molecule has 2 rings (SSSR count). The van der Waals surface area contributed by atoms with E-state index in [1.165, 1.54) is 4.90 Å². The van der Waals surface area contributed by atoms with E-state index in [-0.39, 0.29) is 5.91 Å². The number of nitrogens with zero attached hydrogens (tertiary/aromatic N) is 1. The normalized spacial score (nSPS) is 24.4. The summed E-state index contributed by atoms with van der Waals surface area (Å²) in [5.74, 6) is 0.723. The van der Waals surface area contributed by atoms with Crippen LogP contribution >= 0.6 is 0 Å². The van der Waals surface area contributed by atoms with Crippen LogP contribution in [0.3, 0.4) is 0 Å². The Bertz CT molecular complexity index is 374. The lowest BCUT2D eigenvalue weighted by molar-refractivity contribution is -0.148. The number of halogens is 3. The molecule has 2 aliphatic rings. The topological polar surface area (TPSA) is 32.3 Å². The fourth-order valence-electron chi connectivity index (χ4n) is 3.04. The molecule has 1 aliphatic carbocycles. The molecule has 0 saturated carbocycles. The van der Waals surface area contributed by atoms with E-state index in [9.17, 15) is 18.0 Å². The third-order valence-corrected chi connectivity index (χ3v) is 4.26. The Morgan fingerprint density at radius 2 is 1.95 bits per heavy atom. The molecule has 1 unspecified atom stereocenters. The predicted octanol–water partition coefficient (Wildman–Crippen LogP) is 2.73. The van der Waals surface area contributed by atoms with Gasteiger partial charge in [-0.2, -0.15) is 13.2 Å². The van der Waals surface area contributed by atoms with Crippen molar-refractivity contribution in [3.05, 3.63) is 12.2 Å². The molecule has 0 bridgehead atoms. The van der Waals surface area contributed by atoms with E-state index >= 15 is 0 Å². The van der Waals surface area contributed by atoms with Crippen molar-refractivity contribution >= 4 is 5.91 Å². The number of piperidine rings is 1. The number of allylic oxidation sites excluding steroid dienone is 2. The molecule has 1 atom stereocenters. The summed E-state index contributed by atoms with van der Waals surface area (Å²) in [6.45, 7) is 0.700. The van der Waals surface area contributed by atoms with Gasteiger partial charge in [0.15, 0.2) is 0 Å².